The molecule has 82 valence electrons. The van der Waals surface area contributed by atoms with Gasteiger partial charge in [-0.15, -0.1) is 0 Å². The third-order valence-electron chi connectivity index (χ3n) is 2.01. The highest BCUT2D eigenvalue weighted by Gasteiger charge is 1.99. The predicted molar refractivity (Wildman–Crippen MR) is 61.7 cm³/mol. The molecule has 0 aliphatic carbocycles. The van der Waals surface area contributed by atoms with Gasteiger partial charge >= 0.3 is 0 Å². The highest BCUT2D eigenvalue weighted by molar-refractivity contribution is 5.42. The molecule has 4 heteroatoms. The van der Waals surface area contributed by atoms with Gasteiger partial charge in [-0.05, 0) is 12.1 Å². The number of hydrogen-bond donors (Lipinski definition) is 1. The number of methoxy groups -OCH3 is 1. The lowest BCUT2D eigenvalue weighted by molar-refractivity contribution is 0.409. The van der Waals surface area contributed by atoms with Crippen LogP contribution < -0.4 is 15.2 Å². The van der Waals surface area contributed by atoms with Crippen LogP contribution in [0, 0.1) is 0 Å². The minimum atomic E-state index is 0.570. The monoisotopic (exact) mass is 216 g/mol. The molecule has 0 radical (unpaired) electrons. The summed E-state index contributed by atoms with van der Waals surface area (Å²) in [6.07, 6.45) is 3.17. The number of nitrogens with zero attached hydrogens (tertiary/aromatic N) is 1. The summed E-state index contributed by atoms with van der Waals surface area (Å²) in [6, 6.07) is 9.06. The van der Waals surface area contributed by atoms with Crippen molar-refractivity contribution in [3.63, 3.8) is 0 Å². The second-order valence-electron chi connectivity index (χ2n) is 3.24. The van der Waals surface area contributed by atoms with E-state index in [1.165, 1.54) is 0 Å². The van der Waals surface area contributed by atoms with E-state index in [0.717, 1.165) is 5.75 Å². The summed E-state index contributed by atoms with van der Waals surface area (Å²) in [7, 11) is 1.61. The van der Waals surface area contributed by atoms with Crippen LogP contribution in [0.4, 0.5) is 5.69 Å². The van der Waals surface area contributed by atoms with E-state index in [2.05, 4.69) is 4.98 Å². The highest BCUT2D eigenvalue weighted by Crippen LogP contribution is 2.25. The molecule has 2 aromatic rings. The Bertz CT molecular complexity index is 486. The van der Waals surface area contributed by atoms with E-state index in [0.29, 0.717) is 17.2 Å². The Morgan fingerprint density at radius 2 is 1.88 bits per heavy atom. The average molecular weight is 216 g/mol. The zero-order valence-corrected chi connectivity index (χ0v) is 8.88. The zero-order valence-electron chi connectivity index (χ0n) is 8.88. The first-order valence-corrected chi connectivity index (χ1v) is 4.80. The number of nitrogens with two attached hydrogens (primary N) is 1. The fourth-order valence-electron chi connectivity index (χ4n) is 1.29. The van der Waals surface area contributed by atoms with Crippen LogP contribution in [0.2, 0.25) is 0 Å². The molecule has 0 saturated heterocycles. The van der Waals surface area contributed by atoms with Crippen LogP contribution in [0.1, 0.15) is 0 Å². The lowest BCUT2D eigenvalue weighted by atomic mass is 10.3. The van der Waals surface area contributed by atoms with Gasteiger partial charge in [-0.2, -0.15) is 0 Å². The van der Waals surface area contributed by atoms with Gasteiger partial charge in [0.1, 0.15) is 17.2 Å². The number of nitrogen functional groups attached to an aromatic ring is 1. The molecule has 1 aromatic heterocycles. The van der Waals surface area contributed by atoms with Crippen molar-refractivity contribution in [3.05, 3.63) is 42.7 Å². The molecular weight excluding hydrogens is 204 g/mol. The lowest BCUT2D eigenvalue weighted by Gasteiger charge is -2.07. The summed E-state index contributed by atoms with van der Waals surface area (Å²) in [5, 5.41) is 0. The molecule has 4 nitrogen and oxygen atoms in total. The number of aromatic nitrogens is 1. The Morgan fingerprint density at radius 1 is 1.06 bits per heavy atom. The van der Waals surface area contributed by atoms with Gasteiger partial charge in [-0.3, -0.25) is 4.98 Å². The minimum Gasteiger partial charge on any atom is -0.497 e. The summed E-state index contributed by atoms with van der Waals surface area (Å²) < 4.78 is 10.7. The van der Waals surface area contributed by atoms with Crippen molar-refractivity contribution in [2.75, 3.05) is 12.8 Å². The number of anilines is 1. The summed E-state index contributed by atoms with van der Waals surface area (Å²) in [6.45, 7) is 0. The Kier molecular flexibility index (Phi) is 2.91. The van der Waals surface area contributed by atoms with Crippen molar-refractivity contribution in [1.29, 1.82) is 0 Å². The van der Waals surface area contributed by atoms with Crippen LogP contribution in [0.5, 0.6) is 17.2 Å². The van der Waals surface area contributed by atoms with E-state index in [-0.39, 0.29) is 0 Å². The van der Waals surface area contributed by atoms with Crippen LogP contribution >= 0.6 is 0 Å². The summed E-state index contributed by atoms with van der Waals surface area (Å²) in [4.78, 5) is 3.94. The molecular formula is C12H12N2O2. The first kappa shape index (κ1) is 10.3. The van der Waals surface area contributed by atoms with E-state index in [9.17, 15) is 0 Å². The molecule has 0 bridgehead atoms. The van der Waals surface area contributed by atoms with Gasteiger partial charge in [0.15, 0.2) is 0 Å². The molecule has 0 saturated carbocycles. The molecule has 0 aliphatic rings. The Morgan fingerprint density at radius 3 is 2.62 bits per heavy atom. The Balaban J connectivity index is 2.20. The molecule has 2 N–H and O–H groups in total. The zero-order chi connectivity index (χ0) is 11.4. The fraction of sp³-hybridized carbons (Fsp3) is 0.0833. The van der Waals surface area contributed by atoms with E-state index in [1.54, 1.807) is 31.6 Å². The maximum atomic E-state index is 5.60. The maximum Gasteiger partial charge on any atom is 0.147 e. The van der Waals surface area contributed by atoms with Gasteiger partial charge in [-0.1, -0.05) is 6.07 Å². The SMILES string of the molecule is COc1cccc(Oc2cncc(N)c2)c1. The van der Waals surface area contributed by atoms with Crippen LogP contribution in [0.25, 0.3) is 0 Å². The molecule has 0 amide bonds. The van der Waals surface area contributed by atoms with Gasteiger partial charge in [0.2, 0.25) is 0 Å². The van der Waals surface area contributed by atoms with Crippen LogP contribution in [-0.2, 0) is 0 Å². The van der Waals surface area contributed by atoms with Crippen molar-refractivity contribution in [2.45, 2.75) is 0 Å². The molecule has 0 unspecified atom stereocenters. The van der Waals surface area contributed by atoms with Crippen molar-refractivity contribution in [2.24, 2.45) is 0 Å². The number of hydrogen-bond acceptors (Lipinski definition) is 4. The van der Waals surface area contributed by atoms with E-state index in [4.69, 9.17) is 15.2 Å². The molecule has 16 heavy (non-hydrogen) atoms. The quantitative estimate of drug-likeness (QED) is 0.856. The molecule has 1 aromatic carbocycles. The molecule has 0 fully saturated rings. The number of benzene rings is 1. The van der Waals surface area contributed by atoms with E-state index >= 15 is 0 Å². The summed E-state index contributed by atoms with van der Waals surface area (Å²) >= 11 is 0. The number of pyridine rings is 1. The van der Waals surface area contributed by atoms with Crippen LogP contribution in [-0.4, -0.2) is 12.1 Å². The van der Waals surface area contributed by atoms with E-state index in [1.807, 2.05) is 18.2 Å². The number of ether oxygens (including phenoxy) is 2. The van der Waals surface area contributed by atoms with Crippen molar-refractivity contribution < 1.29 is 9.47 Å². The molecule has 0 spiro atoms. The molecule has 1 heterocycles. The third-order valence-corrected chi connectivity index (χ3v) is 2.01. The average Bonchev–Trinajstić information content (AvgIpc) is 2.29. The topological polar surface area (TPSA) is 57.4 Å². The molecule has 0 atom stereocenters. The second-order valence-corrected chi connectivity index (χ2v) is 3.24. The van der Waals surface area contributed by atoms with Crippen molar-refractivity contribution in [3.8, 4) is 17.2 Å². The lowest BCUT2D eigenvalue weighted by Crippen LogP contribution is -1.90. The van der Waals surface area contributed by atoms with Gasteiger partial charge in [0, 0.05) is 12.1 Å². The predicted octanol–water partition coefficient (Wildman–Crippen LogP) is 2.46. The maximum absolute atomic E-state index is 5.60. The Hall–Kier alpha value is -2.23. The van der Waals surface area contributed by atoms with Gasteiger partial charge in [0.25, 0.3) is 0 Å². The largest absolute Gasteiger partial charge is 0.497 e. The van der Waals surface area contributed by atoms with Crippen LogP contribution in [0.15, 0.2) is 42.7 Å². The minimum absolute atomic E-state index is 0.570. The molecule has 0 aliphatic heterocycles. The second kappa shape index (κ2) is 4.53. The fourth-order valence-corrected chi connectivity index (χ4v) is 1.29. The van der Waals surface area contributed by atoms with Crippen LogP contribution in [0.3, 0.4) is 0 Å². The third kappa shape index (κ3) is 2.42. The molecule has 2 rings (SSSR count). The Labute approximate surface area is 93.6 Å². The van der Waals surface area contributed by atoms with Gasteiger partial charge < -0.3 is 15.2 Å². The normalized spacial score (nSPS) is 9.81. The summed E-state index contributed by atoms with van der Waals surface area (Å²) in [5.41, 5.74) is 6.17. The smallest absolute Gasteiger partial charge is 0.147 e. The van der Waals surface area contributed by atoms with Gasteiger partial charge in [-0.25, -0.2) is 0 Å². The number of rotatable bonds is 3. The van der Waals surface area contributed by atoms with Gasteiger partial charge in [0.05, 0.1) is 25.2 Å². The van der Waals surface area contributed by atoms with E-state index < -0.39 is 0 Å². The first-order valence-electron chi connectivity index (χ1n) is 4.80. The summed E-state index contributed by atoms with van der Waals surface area (Å²) in [5.74, 6) is 2.04. The van der Waals surface area contributed by atoms with Crippen molar-refractivity contribution >= 4 is 5.69 Å². The van der Waals surface area contributed by atoms with Crippen molar-refractivity contribution in [1.82, 2.24) is 4.98 Å². The first-order chi connectivity index (χ1) is 7.78. The highest BCUT2D eigenvalue weighted by atomic mass is 16.5. The standard InChI is InChI=1S/C12H12N2O2/c1-15-10-3-2-4-11(6-10)16-12-5-9(13)7-14-8-12/h2-8H,13H2,1H3.